The molecule has 2 nitrogen and oxygen atoms in total. The zero-order chi connectivity index (χ0) is 12.5. The third-order valence-corrected chi connectivity index (χ3v) is 2.18. The molecule has 0 spiro atoms. The zero-order valence-electron chi connectivity index (χ0n) is 8.48. The Kier molecular flexibility index (Phi) is 3.48. The Labute approximate surface area is 95.0 Å². The molecule has 0 N–H and O–H groups in total. The van der Waals surface area contributed by atoms with E-state index >= 15 is 0 Å². The number of carbonyl (C=O) groups excluding carboxylic acids is 1. The number of rotatable bonds is 2. The summed E-state index contributed by atoms with van der Waals surface area (Å²) >= 11 is 5.71. The van der Waals surface area contributed by atoms with Crippen LogP contribution in [-0.4, -0.2) is 12.1 Å². The van der Waals surface area contributed by atoms with Gasteiger partial charge in [-0.25, -0.2) is 0 Å². The van der Waals surface area contributed by atoms with Gasteiger partial charge in [0, 0.05) is 5.56 Å². The van der Waals surface area contributed by atoms with Crippen LogP contribution < -0.4 is 4.74 Å². The maximum Gasteiger partial charge on any atom is 0.573 e. The molecule has 0 unspecified atom stereocenters. The molecule has 0 atom stereocenters. The smallest absolute Gasteiger partial charge is 0.405 e. The number of hydrogen-bond acceptors (Lipinski definition) is 2. The molecule has 0 heterocycles. The van der Waals surface area contributed by atoms with Crippen molar-refractivity contribution in [3.8, 4) is 5.75 Å². The molecular formula is C10H8ClF3O2. The highest BCUT2D eigenvalue weighted by molar-refractivity contribution is 6.34. The highest BCUT2D eigenvalue weighted by atomic mass is 35.5. The summed E-state index contributed by atoms with van der Waals surface area (Å²) in [6.07, 6.45) is -4.79. The molecule has 0 saturated carbocycles. The van der Waals surface area contributed by atoms with Crippen LogP contribution in [0.5, 0.6) is 5.75 Å². The SMILES string of the molecule is CC(=O)c1cc(OC(F)(F)F)c(C)cc1Cl. The molecule has 1 rings (SSSR count). The average molecular weight is 253 g/mol. The van der Waals surface area contributed by atoms with Crippen molar-refractivity contribution in [2.75, 3.05) is 0 Å². The first-order valence-corrected chi connectivity index (χ1v) is 4.65. The van der Waals surface area contributed by atoms with Crippen molar-refractivity contribution < 1.29 is 22.7 Å². The summed E-state index contributed by atoms with van der Waals surface area (Å²) in [7, 11) is 0. The number of hydrogen-bond donors (Lipinski definition) is 0. The van der Waals surface area contributed by atoms with Crippen molar-refractivity contribution in [1.82, 2.24) is 0 Å². The van der Waals surface area contributed by atoms with Gasteiger partial charge in [-0.05, 0) is 31.5 Å². The summed E-state index contributed by atoms with van der Waals surface area (Å²) < 4.78 is 39.8. The summed E-state index contributed by atoms with van der Waals surface area (Å²) in [5.41, 5.74) is 0.221. The molecule has 1 aromatic carbocycles. The number of alkyl halides is 3. The highest BCUT2D eigenvalue weighted by Crippen LogP contribution is 2.30. The van der Waals surface area contributed by atoms with Gasteiger partial charge >= 0.3 is 6.36 Å². The lowest BCUT2D eigenvalue weighted by Gasteiger charge is -2.13. The van der Waals surface area contributed by atoms with Gasteiger partial charge in [0.25, 0.3) is 0 Å². The third kappa shape index (κ3) is 3.13. The molecule has 16 heavy (non-hydrogen) atoms. The highest BCUT2D eigenvalue weighted by Gasteiger charge is 2.32. The van der Waals surface area contributed by atoms with Crippen molar-refractivity contribution in [2.24, 2.45) is 0 Å². The molecule has 0 amide bonds. The van der Waals surface area contributed by atoms with Crippen LogP contribution in [0.4, 0.5) is 13.2 Å². The number of carbonyl (C=O) groups is 1. The molecule has 0 saturated heterocycles. The standard InChI is InChI=1S/C10H8ClF3O2/c1-5-3-8(11)7(6(2)15)4-9(5)16-10(12,13)14/h3-4H,1-2H3. The third-order valence-electron chi connectivity index (χ3n) is 1.87. The van der Waals surface area contributed by atoms with E-state index in [1.807, 2.05) is 0 Å². The van der Waals surface area contributed by atoms with Crippen molar-refractivity contribution in [3.63, 3.8) is 0 Å². The summed E-state index contributed by atoms with van der Waals surface area (Å²) in [5, 5.41) is 0.111. The minimum atomic E-state index is -4.79. The predicted octanol–water partition coefficient (Wildman–Crippen LogP) is 3.75. The van der Waals surface area contributed by atoms with E-state index in [9.17, 15) is 18.0 Å². The van der Waals surface area contributed by atoms with Crippen molar-refractivity contribution in [1.29, 1.82) is 0 Å². The Morgan fingerprint density at radius 3 is 2.38 bits per heavy atom. The van der Waals surface area contributed by atoms with Crippen LogP contribution in [0.2, 0.25) is 5.02 Å². The Morgan fingerprint density at radius 1 is 1.38 bits per heavy atom. The lowest BCUT2D eigenvalue weighted by atomic mass is 10.1. The van der Waals surface area contributed by atoms with E-state index in [2.05, 4.69) is 4.74 Å². The zero-order valence-corrected chi connectivity index (χ0v) is 9.24. The van der Waals surface area contributed by atoms with Gasteiger partial charge in [0.15, 0.2) is 5.78 Å². The van der Waals surface area contributed by atoms with Crippen LogP contribution in [0.3, 0.4) is 0 Å². The fraction of sp³-hybridized carbons (Fsp3) is 0.300. The first kappa shape index (κ1) is 12.8. The topological polar surface area (TPSA) is 26.3 Å². The van der Waals surface area contributed by atoms with E-state index in [0.29, 0.717) is 0 Å². The van der Waals surface area contributed by atoms with Crippen LogP contribution in [0.25, 0.3) is 0 Å². The Hall–Kier alpha value is -1.23. The van der Waals surface area contributed by atoms with Gasteiger partial charge < -0.3 is 4.74 Å². The molecule has 0 bridgehead atoms. The Bertz CT molecular complexity index is 427. The Morgan fingerprint density at radius 2 is 1.94 bits per heavy atom. The normalized spacial score (nSPS) is 11.4. The minimum absolute atomic E-state index is 0.00603. The van der Waals surface area contributed by atoms with E-state index in [0.717, 1.165) is 6.07 Å². The van der Waals surface area contributed by atoms with E-state index < -0.39 is 17.9 Å². The molecule has 0 aliphatic heterocycles. The van der Waals surface area contributed by atoms with Gasteiger partial charge in [-0.3, -0.25) is 4.79 Å². The monoisotopic (exact) mass is 252 g/mol. The summed E-state index contributed by atoms with van der Waals surface area (Å²) in [4.78, 5) is 11.1. The molecule has 0 radical (unpaired) electrons. The maximum atomic E-state index is 12.0. The quantitative estimate of drug-likeness (QED) is 0.750. The second kappa shape index (κ2) is 4.33. The van der Waals surface area contributed by atoms with Gasteiger partial charge in [-0.1, -0.05) is 11.6 Å². The fourth-order valence-electron chi connectivity index (χ4n) is 1.16. The number of benzene rings is 1. The number of aryl methyl sites for hydroxylation is 1. The first-order valence-electron chi connectivity index (χ1n) is 4.27. The lowest BCUT2D eigenvalue weighted by Crippen LogP contribution is -2.18. The fourth-order valence-corrected chi connectivity index (χ4v) is 1.51. The molecule has 6 heteroatoms. The predicted molar refractivity (Wildman–Crippen MR) is 52.9 cm³/mol. The first-order chi connectivity index (χ1) is 7.20. The molecular weight excluding hydrogens is 245 g/mol. The second-order valence-electron chi connectivity index (χ2n) is 3.20. The molecule has 1 aromatic rings. The average Bonchev–Trinajstić information content (AvgIpc) is 2.07. The van der Waals surface area contributed by atoms with Crippen LogP contribution in [0.1, 0.15) is 22.8 Å². The molecule has 0 fully saturated rings. The number of ketones is 1. The summed E-state index contributed by atoms with van der Waals surface area (Å²) in [5.74, 6) is -0.834. The van der Waals surface area contributed by atoms with Gasteiger partial charge in [-0.2, -0.15) is 0 Å². The van der Waals surface area contributed by atoms with E-state index in [1.54, 1.807) is 0 Å². The number of halogens is 4. The van der Waals surface area contributed by atoms with Crippen LogP contribution in [0.15, 0.2) is 12.1 Å². The van der Waals surface area contributed by atoms with Gasteiger partial charge in [0.05, 0.1) is 5.02 Å². The summed E-state index contributed by atoms with van der Waals surface area (Å²) in [6, 6.07) is 2.26. The Balaban J connectivity index is 3.20. The van der Waals surface area contributed by atoms with E-state index in [1.165, 1.54) is 19.9 Å². The lowest BCUT2D eigenvalue weighted by molar-refractivity contribution is -0.274. The molecule has 0 aliphatic carbocycles. The van der Waals surface area contributed by atoms with Crippen molar-refractivity contribution >= 4 is 17.4 Å². The van der Waals surface area contributed by atoms with E-state index in [4.69, 9.17) is 11.6 Å². The molecule has 88 valence electrons. The molecule has 0 aliphatic rings. The van der Waals surface area contributed by atoms with Crippen molar-refractivity contribution in [3.05, 3.63) is 28.3 Å². The second-order valence-corrected chi connectivity index (χ2v) is 3.61. The minimum Gasteiger partial charge on any atom is -0.405 e. The largest absolute Gasteiger partial charge is 0.573 e. The van der Waals surface area contributed by atoms with E-state index in [-0.39, 0.29) is 16.1 Å². The van der Waals surface area contributed by atoms with Crippen LogP contribution >= 0.6 is 11.6 Å². The van der Waals surface area contributed by atoms with Gasteiger partial charge in [-0.15, -0.1) is 13.2 Å². The van der Waals surface area contributed by atoms with Gasteiger partial charge in [0.2, 0.25) is 0 Å². The van der Waals surface area contributed by atoms with Crippen LogP contribution in [-0.2, 0) is 0 Å². The summed E-state index contributed by atoms with van der Waals surface area (Å²) in [6.45, 7) is 2.63. The van der Waals surface area contributed by atoms with Gasteiger partial charge in [0.1, 0.15) is 5.75 Å². The van der Waals surface area contributed by atoms with Crippen molar-refractivity contribution in [2.45, 2.75) is 20.2 Å². The number of ether oxygens (including phenoxy) is 1. The maximum absolute atomic E-state index is 12.0. The van der Waals surface area contributed by atoms with Crippen LogP contribution in [0, 0.1) is 6.92 Å². The molecule has 0 aromatic heterocycles. The number of Topliss-reactive ketones (excluding diaryl/α,β-unsaturated/α-hetero) is 1.